The molecular formula is C22H21N3O3. The van der Waals surface area contributed by atoms with E-state index in [1.54, 1.807) is 37.6 Å². The van der Waals surface area contributed by atoms with Gasteiger partial charge in [-0.1, -0.05) is 30.3 Å². The van der Waals surface area contributed by atoms with Crippen LogP contribution in [-0.2, 0) is 4.79 Å². The third-order valence-electron chi connectivity index (χ3n) is 3.81. The summed E-state index contributed by atoms with van der Waals surface area (Å²) in [6.07, 6.45) is 1.71. The van der Waals surface area contributed by atoms with Crippen LogP contribution in [0.2, 0.25) is 0 Å². The highest BCUT2D eigenvalue weighted by Gasteiger charge is 2.07. The van der Waals surface area contributed by atoms with Crippen LogP contribution in [0.5, 0.6) is 11.5 Å². The van der Waals surface area contributed by atoms with Crippen LogP contribution < -0.4 is 20.2 Å². The molecular weight excluding hydrogens is 354 g/mol. The maximum absolute atomic E-state index is 12.1. The van der Waals surface area contributed by atoms with E-state index in [1.165, 1.54) is 0 Å². The number of methoxy groups -OCH3 is 1. The van der Waals surface area contributed by atoms with Gasteiger partial charge >= 0.3 is 0 Å². The number of amides is 1. The molecule has 0 radical (unpaired) electrons. The Balaban J connectivity index is 1.48. The zero-order valence-electron chi connectivity index (χ0n) is 15.5. The molecule has 142 valence electrons. The van der Waals surface area contributed by atoms with Crippen molar-refractivity contribution in [2.24, 2.45) is 5.10 Å². The second-order valence-electron chi connectivity index (χ2n) is 5.84. The Kier molecular flexibility index (Phi) is 6.62. The first-order valence-corrected chi connectivity index (χ1v) is 8.74. The van der Waals surface area contributed by atoms with E-state index in [4.69, 9.17) is 9.47 Å². The van der Waals surface area contributed by atoms with Crippen LogP contribution >= 0.6 is 0 Å². The Morgan fingerprint density at radius 3 is 2.43 bits per heavy atom. The number of anilines is 2. The van der Waals surface area contributed by atoms with E-state index < -0.39 is 0 Å². The molecule has 3 aromatic carbocycles. The van der Waals surface area contributed by atoms with Gasteiger partial charge in [-0.2, -0.15) is 5.10 Å². The van der Waals surface area contributed by atoms with Gasteiger partial charge in [0.1, 0.15) is 11.5 Å². The number of ether oxygens (including phenoxy) is 2. The largest absolute Gasteiger partial charge is 0.495 e. The molecule has 3 aromatic rings. The van der Waals surface area contributed by atoms with E-state index in [0.717, 1.165) is 11.3 Å². The summed E-state index contributed by atoms with van der Waals surface area (Å²) in [6, 6.07) is 24.2. The zero-order chi connectivity index (χ0) is 19.6. The Labute approximate surface area is 163 Å². The quantitative estimate of drug-likeness (QED) is 0.458. The average Bonchev–Trinajstić information content (AvgIpc) is 2.74. The molecule has 0 aliphatic rings. The molecule has 0 aromatic heterocycles. The fourth-order valence-electron chi connectivity index (χ4n) is 2.43. The normalized spacial score (nSPS) is 10.5. The van der Waals surface area contributed by atoms with Gasteiger partial charge in [-0.25, -0.2) is 0 Å². The van der Waals surface area contributed by atoms with Gasteiger partial charge in [0, 0.05) is 0 Å². The minimum Gasteiger partial charge on any atom is -0.495 e. The summed E-state index contributed by atoms with van der Waals surface area (Å²) in [5.41, 5.74) is 5.39. The summed E-state index contributed by atoms with van der Waals surface area (Å²) < 4.78 is 10.7. The third-order valence-corrected chi connectivity index (χ3v) is 3.81. The smallest absolute Gasteiger partial charge is 0.262 e. The summed E-state index contributed by atoms with van der Waals surface area (Å²) in [7, 11) is 1.56. The topological polar surface area (TPSA) is 72.0 Å². The molecule has 2 N–H and O–H groups in total. The first-order valence-electron chi connectivity index (χ1n) is 8.74. The highest BCUT2D eigenvalue weighted by molar-refractivity contribution is 5.93. The van der Waals surface area contributed by atoms with Crippen LogP contribution in [0, 0.1) is 0 Å². The number of hydrazone groups is 1. The van der Waals surface area contributed by atoms with Crippen LogP contribution in [0.15, 0.2) is 84.0 Å². The molecule has 1 amide bonds. The van der Waals surface area contributed by atoms with Crippen LogP contribution in [-0.4, -0.2) is 25.8 Å². The molecule has 28 heavy (non-hydrogen) atoms. The summed E-state index contributed by atoms with van der Waals surface area (Å²) in [5, 5.41) is 6.96. The molecule has 3 rings (SSSR count). The number of carbonyl (C=O) groups excluding carboxylic acids is 1. The monoisotopic (exact) mass is 375 g/mol. The lowest BCUT2D eigenvalue weighted by Gasteiger charge is -2.10. The van der Waals surface area contributed by atoms with Crippen LogP contribution in [0.25, 0.3) is 0 Å². The maximum Gasteiger partial charge on any atom is 0.262 e. The van der Waals surface area contributed by atoms with Crippen LogP contribution in [0.3, 0.4) is 0 Å². The molecule has 0 saturated heterocycles. The van der Waals surface area contributed by atoms with E-state index >= 15 is 0 Å². The molecule has 0 fully saturated rings. The average molecular weight is 375 g/mol. The number of para-hydroxylation sites is 3. The van der Waals surface area contributed by atoms with Gasteiger partial charge in [0.25, 0.3) is 5.91 Å². The Bertz CT molecular complexity index is 925. The zero-order valence-corrected chi connectivity index (χ0v) is 15.5. The molecule has 0 aliphatic heterocycles. The maximum atomic E-state index is 12.1. The summed E-state index contributed by atoms with van der Waals surface area (Å²) >= 11 is 0. The second kappa shape index (κ2) is 9.78. The predicted molar refractivity (Wildman–Crippen MR) is 111 cm³/mol. The number of nitrogens with one attached hydrogen (secondary N) is 2. The Morgan fingerprint density at radius 1 is 0.964 bits per heavy atom. The van der Waals surface area contributed by atoms with Crippen LogP contribution in [0.1, 0.15) is 5.56 Å². The van der Waals surface area contributed by atoms with Crippen molar-refractivity contribution >= 4 is 23.5 Å². The van der Waals surface area contributed by atoms with Crippen molar-refractivity contribution in [3.05, 3.63) is 84.4 Å². The highest BCUT2D eigenvalue weighted by atomic mass is 16.5. The highest BCUT2D eigenvalue weighted by Crippen LogP contribution is 2.22. The van der Waals surface area contributed by atoms with Crippen molar-refractivity contribution < 1.29 is 14.3 Å². The van der Waals surface area contributed by atoms with Gasteiger partial charge in [0.15, 0.2) is 6.61 Å². The van der Waals surface area contributed by atoms with E-state index in [0.29, 0.717) is 17.2 Å². The summed E-state index contributed by atoms with van der Waals surface area (Å²) in [5.74, 6) is 0.939. The fourth-order valence-corrected chi connectivity index (χ4v) is 2.43. The van der Waals surface area contributed by atoms with Crippen molar-refractivity contribution in [2.75, 3.05) is 24.5 Å². The molecule has 0 unspecified atom stereocenters. The van der Waals surface area contributed by atoms with Gasteiger partial charge in [-0.3, -0.25) is 10.2 Å². The third kappa shape index (κ3) is 5.60. The summed E-state index contributed by atoms with van der Waals surface area (Å²) in [6.45, 7) is -0.0962. The molecule has 0 saturated carbocycles. The molecule has 6 nitrogen and oxygen atoms in total. The molecule has 0 spiro atoms. The van der Waals surface area contributed by atoms with Gasteiger partial charge in [0.05, 0.1) is 24.7 Å². The van der Waals surface area contributed by atoms with E-state index in [1.807, 2.05) is 54.6 Å². The molecule has 0 bridgehead atoms. The van der Waals surface area contributed by atoms with E-state index in [-0.39, 0.29) is 12.5 Å². The van der Waals surface area contributed by atoms with Gasteiger partial charge in [-0.05, 0) is 54.1 Å². The summed E-state index contributed by atoms with van der Waals surface area (Å²) in [4.78, 5) is 12.1. The van der Waals surface area contributed by atoms with E-state index in [9.17, 15) is 4.79 Å². The number of nitrogens with zero attached hydrogens (tertiary/aromatic N) is 1. The van der Waals surface area contributed by atoms with Crippen molar-refractivity contribution in [1.82, 2.24) is 0 Å². The van der Waals surface area contributed by atoms with Gasteiger partial charge in [0.2, 0.25) is 0 Å². The number of hydrogen-bond donors (Lipinski definition) is 2. The van der Waals surface area contributed by atoms with Crippen molar-refractivity contribution in [1.29, 1.82) is 0 Å². The number of hydrogen-bond acceptors (Lipinski definition) is 5. The van der Waals surface area contributed by atoms with Crippen molar-refractivity contribution in [3.8, 4) is 11.5 Å². The standard InChI is InChI=1S/C22H21N3O3/c1-27-21-10-6-5-9-20(21)24-22(26)16-28-19-13-11-17(12-14-19)15-23-25-18-7-3-2-4-8-18/h2-15,25H,16H2,1H3,(H,24,26)/b23-15+. The number of benzene rings is 3. The van der Waals surface area contributed by atoms with E-state index in [2.05, 4.69) is 15.8 Å². The SMILES string of the molecule is COc1ccccc1NC(=O)COc1ccc(/C=N/Nc2ccccc2)cc1. The fraction of sp³-hybridized carbons (Fsp3) is 0.0909. The molecule has 0 heterocycles. The minimum atomic E-state index is -0.262. The second-order valence-corrected chi connectivity index (χ2v) is 5.84. The first-order chi connectivity index (χ1) is 13.7. The minimum absolute atomic E-state index is 0.0962. The van der Waals surface area contributed by atoms with Crippen molar-refractivity contribution in [3.63, 3.8) is 0 Å². The lowest BCUT2D eigenvalue weighted by atomic mass is 10.2. The lowest BCUT2D eigenvalue weighted by Crippen LogP contribution is -2.20. The Hall–Kier alpha value is -3.80. The molecule has 6 heteroatoms. The van der Waals surface area contributed by atoms with Crippen molar-refractivity contribution in [2.45, 2.75) is 0 Å². The first kappa shape index (κ1) is 19.0. The molecule has 0 aliphatic carbocycles. The molecule has 0 atom stereocenters. The van der Waals surface area contributed by atoms with Gasteiger partial charge in [-0.15, -0.1) is 0 Å². The Morgan fingerprint density at radius 2 is 1.68 bits per heavy atom. The predicted octanol–water partition coefficient (Wildman–Crippen LogP) is 4.16. The van der Waals surface area contributed by atoms with Crippen LogP contribution in [0.4, 0.5) is 11.4 Å². The number of rotatable bonds is 8. The van der Waals surface area contributed by atoms with Gasteiger partial charge < -0.3 is 14.8 Å². The number of carbonyl (C=O) groups is 1. The lowest BCUT2D eigenvalue weighted by molar-refractivity contribution is -0.118.